The van der Waals surface area contributed by atoms with Crippen LogP contribution in [0.3, 0.4) is 0 Å². The highest BCUT2D eigenvalue weighted by Crippen LogP contribution is 2.14. The first kappa shape index (κ1) is 58.6. The van der Waals surface area contributed by atoms with Crippen molar-refractivity contribution in [2.75, 3.05) is 13.2 Å². The molecule has 0 aromatic heterocycles. The average Bonchev–Trinajstić information content (AvgIpc) is 3.27. The second-order valence-electron chi connectivity index (χ2n) is 16.7. The van der Waals surface area contributed by atoms with Crippen LogP contribution in [0, 0.1) is 0 Å². The highest BCUT2D eigenvalue weighted by molar-refractivity contribution is 5.71. The number of esters is 3. The normalized spacial score (nSPS) is 12.8. The summed E-state index contributed by atoms with van der Waals surface area (Å²) in [4.78, 5) is 37.9. The quantitative estimate of drug-likeness (QED) is 0.0199. The molecule has 62 heavy (non-hydrogen) atoms. The molecule has 6 nitrogen and oxygen atoms in total. The van der Waals surface area contributed by atoms with Crippen molar-refractivity contribution in [3.05, 3.63) is 85.1 Å². The van der Waals surface area contributed by atoms with Gasteiger partial charge in [-0.15, -0.1) is 0 Å². The van der Waals surface area contributed by atoms with E-state index >= 15 is 0 Å². The van der Waals surface area contributed by atoms with Crippen LogP contribution in [-0.4, -0.2) is 37.2 Å². The summed E-state index contributed by atoms with van der Waals surface area (Å²) in [6.45, 7) is 6.43. The molecule has 0 saturated carbocycles. The Labute approximate surface area is 382 Å². The van der Waals surface area contributed by atoms with Gasteiger partial charge < -0.3 is 14.2 Å². The lowest BCUT2D eigenvalue weighted by Crippen LogP contribution is -2.30. The number of unbranched alkanes of at least 4 members (excludes halogenated alkanes) is 21. The number of hydrogen-bond acceptors (Lipinski definition) is 6. The Morgan fingerprint density at radius 3 is 1.15 bits per heavy atom. The minimum Gasteiger partial charge on any atom is -0.462 e. The van der Waals surface area contributed by atoms with Crippen LogP contribution in [0.1, 0.15) is 233 Å². The van der Waals surface area contributed by atoms with Gasteiger partial charge in [0.1, 0.15) is 13.2 Å². The third-order valence-corrected chi connectivity index (χ3v) is 10.7. The number of allylic oxidation sites excluding steroid dienone is 14. The van der Waals surface area contributed by atoms with Crippen LogP contribution >= 0.6 is 0 Å². The lowest BCUT2D eigenvalue weighted by molar-refractivity contribution is -0.167. The Hall–Kier alpha value is -3.41. The Balaban J connectivity index is 4.51. The van der Waals surface area contributed by atoms with Gasteiger partial charge in [-0.25, -0.2) is 0 Å². The molecule has 1 atom stereocenters. The van der Waals surface area contributed by atoms with Gasteiger partial charge in [0.15, 0.2) is 6.10 Å². The van der Waals surface area contributed by atoms with Crippen molar-refractivity contribution < 1.29 is 28.6 Å². The van der Waals surface area contributed by atoms with E-state index in [1.807, 2.05) is 0 Å². The molecule has 0 aromatic rings. The van der Waals surface area contributed by atoms with Crippen molar-refractivity contribution in [1.29, 1.82) is 0 Å². The fourth-order valence-corrected chi connectivity index (χ4v) is 6.82. The Kier molecular flexibility index (Phi) is 47.5. The first-order valence-electron chi connectivity index (χ1n) is 25.6. The SMILES string of the molecule is CC/C=C\C/C=C\C/C=C\C/C=C\C/C=C\CCCC(=O)OCC(COC(=O)CCCCCCCCCCCCC)OC(=O)CCCCC/C=C\C=C/CCCCCCCCC. The smallest absolute Gasteiger partial charge is 0.306 e. The van der Waals surface area contributed by atoms with Gasteiger partial charge in [-0.2, -0.15) is 0 Å². The third-order valence-electron chi connectivity index (χ3n) is 10.7. The molecule has 0 heterocycles. The van der Waals surface area contributed by atoms with Gasteiger partial charge in [-0.05, 0) is 83.5 Å². The van der Waals surface area contributed by atoms with Crippen molar-refractivity contribution in [2.24, 2.45) is 0 Å². The van der Waals surface area contributed by atoms with Crippen LogP contribution in [0.5, 0.6) is 0 Å². The zero-order valence-electron chi connectivity index (χ0n) is 40.4. The number of ether oxygens (including phenoxy) is 3. The van der Waals surface area contributed by atoms with Gasteiger partial charge in [0.2, 0.25) is 0 Å². The van der Waals surface area contributed by atoms with Crippen LogP contribution in [0.25, 0.3) is 0 Å². The molecule has 0 aliphatic carbocycles. The molecule has 0 rings (SSSR count). The summed E-state index contributed by atoms with van der Waals surface area (Å²) in [5, 5.41) is 0. The molecule has 0 spiro atoms. The summed E-state index contributed by atoms with van der Waals surface area (Å²) >= 11 is 0. The van der Waals surface area contributed by atoms with Gasteiger partial charge >= 0.3 is 17.9 Å². The van der Waals surface area contributed by atoms with Gasteiger partial charge in [-0.3, -0.25) is 14.4 Å². The molecule has 1 unspecified atom stereocenters. The lowest BCUT2D eigenvalue weighted by Gasteiger charge is -2.18. The van der Waals surface area contributed by atoms with Gasteiger partial charge in [0.25, 0.3) is 0 Å². The molecule has 0 fully saturated rings. The zero-order chi connectivity index (χ0) is 45.1. The van der Waals surface area contributed by atoms with E-state index in [-0.39, 0.29) is 44.0 Å². The summed E-state index contributed by atoms with van der Waals surface area (Å²) in [5.41, 5.74) is 0. The average molecular weight is 863 g/mol. The van der Waals surface area contributed by atoms with Crippen LogP contribution in [-0.2, 0) is 28.6 Å². The van der Waals surface area contributed by atoms with Crippen molar-refractivity contribution in [2.45, 2.75) is 239 Å². The molecule has 0 aromatic carbocycles. The molecular weight excluding hydrogens is 769 g/mol. The summed E-state index contributed by atoms with van der Waals surface area (Å²) in [6, 6.07) is 0. The molecule has 6 heteroatoms. The number of carbonyl (C=O) groups is 3. The predicted octanol–water partition coefficient (Wildman–Crippen LogP) is 16.8. The monoisotopic (exact) mass is 863 g/mol. The Morgan fingerprint density at radius 2 is 0.694 bits per heavy atom. The van der Waals surface area contributed by atoms with Crippen molar-refractivity contribution in [3.63, 3.8) is 0 Å². The maximum Gasteiger partial charge on any atom is 0.306 e. The second-order valence-corrected chi connectivity index (χ2v) is 16.7. The van der Waals surface area contributed by atoms with E-state index in [1.165, 1.54) is 96.3 Å². The molecule has 0 aliphatic rings. The molecular formula is C56H94O6. The molecule has 0 saturated heterocycles. The lowest BCUT2D eigenvalue weighted by atomic mass is 10.1. The molecule has 0 bridgehead atoms. The maximum absolute atomic E-state index is 12.8. The highest BCUT2D eigenvalue weighted by atomic mass is 16.6. The largest absolute Gasteiger partial charge is 0.462 e. The summed E-state index contributed by atoms with van der Waals surface area (Å²) in [6.07, 6.45) is 64.3. The van der Waals surface area contributed by atoms with E-state index in [4.69, 9.17) is 14.2 Å². The molecule has 0 radical (unpaired) electrons. The van der Waals surface area contributed by atoms with Crippen LogP contribution < -0.4 is 0 Å². The molecule has 354 valence electrons. The summed E-state index contributed by atoms with van der Waals surface area (Å²) in [7, 11) is 0. The fourth-order valence-electron chi connectivity index (χ4n) is 6.82. The molecule has 0 amide bonds. The topological polar surface area (TPSA) is 78.9 Å². The van der Waals surface area contributed by atoms with Crippen LogP contribution in [0.15, 0.2) is 85.1 Å². The predicted molar refractivity (Wildman–Crippen MR) is 265 cm³/mol. The van der Waals surface area contributed by atoms with E-state index in [9.17, 15) is 14.4 Å². The van der Waals surface area contributed by atoms with Crippen molar-refractivity contribution >= 4 is 17.9 Å². The zero-order valence-corrected chi connectivity index (χ0v) is 40.4. The molecule has 0 aliphatic heterocycles. The van der Waals surface area contributed by atoms with Crippen LogP contribution in [0.2, 0.25) is 0 Å². The van der Waals surface area contributed by atoms with Gasteiger partial charge in [0.05, 0.1) is 0 Å². The first-order chi connectivity index (χ1) is 30.5. The van der Waals surface area contributed by atoms with E-state index < -0.39 is 6.10 Å². The summed E-state index contributed by atoms with van der Waals surface area (Å²) in [5.74, 6) is -0.993. The van der Waals surface area contributed by atoms with Crippen molar-refractivity contribution in [3.8, 4) is 0 Å². The molecule has 0 N–H and O–H groups in total. The second kappa shape index (κ2) is 50.2. The minimum atomic E-state index is -0.811. The van der Waals surface area contributed by atoms with E-state index in [1.54, 1.807) is 0 Å². The Morgan fingerprint density at radius 1 is 0.355 bits per heavy atom. The summed E-state index contributed by atoms with van der Waals surface area (Å²) < 4.78 is 16.7. The fraction of sp³-hybridized carbons (Fsp3) is 0.696. The first-order valence-corrected chi connectivity index (χ1v) is 25.6. The third kappa shape index (κ3) is 47.6. The van der Waals surface area contributed by atoms with Gasteiger partial charge in [0, 0.05) is 19.3 Å². The van der Waals surface area contributed by atoms with Gasteiger partial charge in [-0.1, -0.05) is 215 Å². The van der Waals surface area contributed by atoms with Crippen molar-refractivity contribution in [1.82, 2.24) is 0 Å². The van der Waals surface area contributed by atoms with E-state index in [0.717, 1.165) is 89.9 Å². The minimum absolute atomic E-state index is 0.104. The highest BCUT2D eigenvalue weighted by Gasteiger charge is 2.19. The van der Waals surface area contributed by atoms with Crippen LogP contribution in [0.4, 0.5) is 0 Å². The maximum atomic E-state index is 12.8. The number of hydrogen-bond donors (Lipinski definition) is 0. The number of carbonyl (C=O) groups excluding carboxylic acids is 3. The number of rotatable bonds is 45. The standard InChI is InChI=1S/C56H94O6/c1-4-7-10-13-16-19-22-24-26-28-30-31-34-37-40-43-46-49-55(58)61-52-53(51-60-54(57)48-45-42-39-36-33-21-18-15-12-9-6-3)62-56(59)50-47-44-41-38-35-32-29-27-25-23-20-17-14-11-8-5-2/h7,10,16,19,24,26-27,29-32,35,37,40,53H,4-6,8-9,11-15,17-18,20-23,25,28,33-34,36,38-39,41-52H2,1-3H3/b10-7-,19-16-,26-24-,29-27-,31-30-,35-32-,40-37-. The Bertz CT molecular complexity index is 1220. The van der Waals surface area contributed by atoms with E-state index in [2.05, 4.69) is 106 Å². The van der Waals surface area contributed by atoms with E-state index in [0.29, 0.717) is 12.8 Å².